The number of anilines is 1. The molecule has 0 spiro atoms. The van der Waals surface area contributed by atoms with E-state index >= 15 is 0 Å². The normalized spacial score (nSPS) is 15.0. The Labute approximate surface area is 161 Å². The number of amides is 1. The summed E-state index contributed by atoms with van der Waals surface area (Å²) in [5.74, 6) is -0.361. The van der Waals surface area contributed by atoms with E-state index in [-0.39, 0.29) is 22.2 Å². The van der Waals surface area contributed by atoms with Gasteiger partial charge >= 0.3 is 0 Å². The molecular formula is C17H19N3O5S2. The van der Waals surface area contributed by atoms with E-state index in [0.29, 0.717) is 29.2 Å². The highest BCUT2D eigenvalue weighted by atomic mass is 32.2. The lowest BCUT2D eigenvalue weighted by atomic mass is 10.2. The fourth-order valence-electron chi connectivity index (χ4n) is 2.89. The highest BCUT2D eigenvalue weighted by molar-refractivity contribution is 7.91. The van der Waals surface area contributed by atoms with Crippen LogP contribution in [0.4, 0.5) is 11.4 Å². The van der Waals surface area contributed by atoms with Gasteiger partial charge in [-0.15, -0.1) is 11.3 Å². The molecule has 0 radical (unpaired) electrons. The van der Waals surface area contributed by atoms with Gasteiger partial charge in [0.25, 0.3) is 15.7 Å². The summed E-state index contributed by atoms with van der Waals surface area (Å²) >= 11 is 1.08. The van der Waals surface area contributed by atoms with Gasteiger partial charge in [-0.2, -0.15) is 4.31 Å². The predicted molar refractivity (Wildman–Crippen MR) is 102 cm³/mol. The summed E-state index contributed by atoms with van der Waals surface area (Å²) in [7, 11) is -3.49. The van der Waals surface area contributed by atoms with Crippen molar-refractivity contribution in [2.24, 2.45) is 0 Å². The van der Waals surface area contributed by atoms with E-state index < -0.39 is 14.9 Å². The number of aryl methyl sites for hydroxylation is 1. The lowest BCUT2D eigenvalue weighted by Crippen LogP contribution is -2.27. The molecule has 1 aliphatic heterocycles. The number of rotatable bonds is 6. The van der Waals surface area contributed by atoms with Crippen molar-refractivity contribution in [3.8, 4) is 0 Å². The first-order valence-electron chi connectivity index (χ1n) is 8.41. The van der Waals surface area contributed by atoms with Gasteiger partial charge in [0.1, 0.15) is 4.21 Å². The van der Waals surface area contributed by atoms with Crippen LogP contribution in [-0.2, 0) is 21.2 Å². The molecule has 2 aromatic rings. The third kappa shape index (κ3) is 4.34. The number of carbonyl (C=O) groups is 1. The predicted octanol–water partition coefficient (Wildman–Crippen LogP) is 2.93. The molecule has 0 aliphatic carbocycles. The molecule has 144 valence electrons. The number of benzene rings is 1. The molecular weight excluding hydrogens is 390 g/mol. The first-order valence-corrected chi connectivity index (χ1v) is 10.7. The number of nitro groups is 1. The summed E-state index contributed by atoms with van der Waals surface area (Å²) in [4.78, 5) is 23.3. The van der Waals surface area contributed by atoms with Crippen molar-refractivity contribution in [2.45, 2.75) is 30.4 Å². The SMILES string of the molecule is Cc1ccc(NC(=O)Cc2ccc(S(=O)(=O)N3CCCC3)s2)cc1[N+](=O)[O-]. The second-order valence-corrected chi connectivity index (χ2v) is 9.65. The standard InChI is InChI=1S/C17H19N3O5S2/c1-12-4-5-13(10-15(12)20(22)23)18-16(21)11-14-6-7-17(26-14)27(24,25)19-8-2-3-9-19/h4-7,10H,2-3,8-9,11H2,1H3,(H,18,21). The summed E-state index contributed by atoms with van der Waals surface area (Å²) in [5.41, 5.74) is 0.773. The Morgan fingerprint density at radius 1 is 1.26 bits per heavy atom. The minimum absolute atomic E-state index is 0.00185. The highest BCUT2D eigenvalue weighted by Crippen LogP contribution is 2.28. The van der Waals surface area contributed by atoms with Gasteiger partial charge in [0.05, 0.1) is 11.3 Å². The second-order valence-electron chi connectivity index (χ2n) is 6.32. The zero-order valence-corrected chi connectivity index (χ0v) is 16.3. The summed E-state index contributed by atoms with van der Waals surface area (Å²) in [6.45, 7) is 2.68. The molecule has 0 bridgehead atoms. The van der Waals surface area contributed by atoms with E-state index in [2.05, 4.69) is 5.32 Å². The molecule has 1 amide bonds. The number of nitrogens with one attached hydrogen (secondary N) is 1. The van der Waals surface area contributed by atoms with E-state index in [0.717, 1.165) is 24.2 Å². The third-order valence-corrected chi connectivity index (χ3v) is 7.77. The van der Waals surface area contributed by atoms with E-state index in [9.17, 15) is 23.3 Å². The molecule has 27 heavy (non-hydrogen) atoms. The van der Waals surface area contributed by atoms with Crippen molar-refractivity contribution >= 4 is 38.6 Å². The Hall–Kier alpha value is -2.30. The van der Waals surface area contributed by atoms with Gasteiger partial charge < -0.3 is 5.32 Å². The Morgan fingerprint density at radius 2 is 1.96 bits per heavy atom. The van der Waals surface area contributed by atoms with E-state index in [1.165, 1.54) is 16.4 Å². The molecule has 1 fully saturated rings. The zero-order valence-electron chi connectivity index (χ0n) is 14.7. The lowest BCUT2D eigenvalue weighted by molar-refractivity contribution is -0.385. The lowest BCUT2D eigenvalue weighted by Gasteiger charge is -2.13. The summed E-state index contributed by atoms with van der Waals surface area (Å²) in [5, 5.41) is 13.6. The van der Waals surface area contributed by atoms with Crippen molar-refractivity contribution in [3.05, 3.63) is 50.9 Å². The van der Waals surface area contributed by atoms with Crippen LogP contribution in [0.2, 0.25) is 0 Å². The smallest absolute Gasteiger partial charge is 0.274 e. The fraction of sp³-hybridized carbons (Fsp3) is 0.353. The molecule has 0 unspecified atom stereocenters. The quantitative estimate of drug-likeness (QED) is 0.583. The highest BCUT2D eigenvalue weighted by Gasteiger charge is 2.28. The number of sulfonamides is 1. The Balaban J connectivity index is 1.68. The molecule has 0 atom stereocenters. The molecule has 1 aromatic heterocycles. The van der Waals surface area contributed by atoms with Crippen LogP contribution in [0.25, 0.3) is 0 Å². The van der Waals surface area contributed by atoms with Gasteiger partial charge in [-0.1, -0.05) is 6.07 Å². The van der Waals surface area contributed by atoms with Crippen molar-refractivity contribution in [3.63, 3.8) is 0 Å². The average Bonchev–Trinajstić information content (AvgIpc) is 3.28. The molecule has 1 aliphatic rings. The van der Waals surface area contributed by atoms with Crippen molar-refractivity contribution in [1.29, 1.82) is 0 Å². The number of hydrogen-bond donors (Lipinski definition) is 1. The van der Waals surface area contributed by atoms with Crippen LogP contribution < -0.4 is 5.32 Å². The minimum Gasteiger partial charge on any atom is -0.326 e. The maximum atomic E-state index is 12.5. The van der Waals surface area contributed by atoms with Gasteiger partial charge in [0, 0.05) is 35.3 Å². The number of nitrogens with zero attached hydrogens (tertiary/aromatic N) is 2. The Kier molecular flexibility index (Phi) is 5.59. The number of thiophene rings is 1. The van der Waals surface area contributed by atoms with Gasteiger partial charge in [-0.25, -0.2) is 8.42 Å². The first kappa shape index (κ1) is 19.5. The molecule has 8 nitrogen and oxygen atoms in total. The Morgan fingerprint density at radius 3 is 2.63 bits per heavy atom. The van der Waals surface area contributed by atoms with Crippen LogP contribution in [0.15, 0.2) is 34.5 Å². The molecule has 1 N–H and O–H groups in total. The molecule has 2 heterocycles. The van der Waals surface area contributed by atoms with Crippen molar-refractivity contribution < 1.29 is 18.1 Å². The third-order valence-electron chi connectivity index (χ3n) is 4.32. The second kappa shape index (κ2) is 7.75. The minimum atomic E-state index is -3.49. The van der Waals surface area contributed by atoms with Gasteiger partial charge in [-0.05, 0) is 38.0 Å². The maximum Gasteiger partial charge on any atom is 0.274 e. The Bertz CT molecular complexity index is 978. The van der Waals surface area contributed by atoms with Gasteiger partial charge in [-0.3, -0.25) is 14.9 Å². The van der Waals surface area contributed by atoms with E-state index in [4.69, 9.17) is 0 Å². The number of nitro benzene ring substituents is 1. The van der Waals surface area contributed by atoms with Crippen LogP contribution in [0.5, 0.6) is 0 Å². The van der Waals surface area contributed by atoms with Gasteiger partial charge in [0.15, 0.2) is 0 Å². The van der Waals surface area contributed by atoms with E-state index in [1.54, 1.807) is 25.1 Å². The van der Waals surface area contributed by atoms with Crippen LogP contribution in [-0.4, -0.2) is 36.6 Å². The van der Waals surface area contributed by atoms with Crippen LogP contribution >= 0.6 is 11.3 Å². The summed E-state index contributed by atoms with van der Waals surface area (Å²) in [6.07, 6.45) is 1.73. The molecule has 10 heteroatoms. The first-order chi connectivity index (χ1) is 12.8. The van der Waals surface area contributed by atoms with Crippen LogP contribution in [0, 0.1) is 17.0 Å². The molecule has 0 saturated carbocycles. The fourth-order valence-corrected chi connectivity index (χ4v) is 5.92. The molecule has 1 aromatic carbocycles. The van der Waals surface area contributed by atoms with Gasteiger partial charge in [0.2, 0.25) is 5.91 Å². The zero-order chi connectivity index (χ0) is 19.6. The largest absolute Gasteiger partial charge is 0.326 e. The van der Waals surface area contributed by atoms with Crippen LogP contribution in [0.3, 0.4) is 0 Å². The monoisotopic (exact) mass is 409 g/mol. The summed E-state index contributed by atoms with van der Waals surface area (Å²) in [6, 6.07) is 7.63. The molecule has 1 saturated heterocycles. The maximum absolute atomic E-state index is 12.5. The number of hydrogen-bond acceptors (Lipinski definition) is 6. The van der Waals surface area contributed by atoms with Crippen molar-refractivity contribution in [2.75, 3.05) is 18.4 Å². The molecule has 3 rings (SSSR count). The van der Waals surface area contributed by atoms with Crippen LogP contribution in [0.1, 0.15) is 23.3 Å². The topological polar surface area (TPSA) is 110 Å². The summed E-state index contributed by atoms with van der Waals surface area (Å²) < 4.78 is 26.8. The van der Waals surface area contributed by atoms with E-state index in [1.807, 2.05) is 0 Å². The average molecular weight is 409 g/mol. The number of carbonyl (C=O) groups excluding carboxylic acids is 1. The van der Waals surface area contributed by atoms with Crippen molar-refractivity contribution in [1.82, 2.24) is 4.31 Å².